The Balaban J connectivity index is 1.87. The molecule has 4 nitrogen and oxygen atoms in total. The van der Waals surface area contributed by atoms with Crippen LogP contribution in [0.3, 0.4) is 0 Å². The Kier molecular flexibility index (Phi) is 3.70. The molecule has 0 bridgehead atoms. The number of esters is 1. The zero-order chi connectivity index (χ0) is 15.5. The number of methoxy groups -OCH3 is 1. The van der Waals surface area contributed by atoms with Crippen molar-refractivity contribution < 1.29 is 18.3 Å². The standard InChI is InChI=1S/C17H12FNO3/c1-21-17(20)13-4-2-11(3-5-13)15-10-22-16(19-15)12-6-8-14(18)9-7-12/h2-10H,1H3. The van der Waals surface area contributed by atoms with Crippen LogP contribution in [0.15, 0.2) is 59.2 Å². The van der Waals surface area contributed by atoms with Gasteiger partial charge in [0, 0.05) is 11.1 Å². The lowest BCUT2D eigenvalue weighted by Gasteiger charge is -2.00. The van der Waals surface area contributed by atoms with Crippen LogP contribution < -0.4 is 0 Å². The number of ether oxygens (including phenoxy) is 1. The summed E-state index contributed by atoms with van der Waals surface area (Å²) in [6, 6.07) is 12.8. The Bertz CT molecular complexity index is 792. The number of rotatable bonds is 3. The molecule has 0 fully saturated rings. The molecule has 0 aliphatic carbocycles. The number of carbonyl (C=O) groups is 1. The molecule has 0 spiro atoms. The third-order valence-corrected chi connectivity index (χ3v) is 3.20. The van der Waals surface area contributed by atoms with Crippen molar-refractivity contribution in [3.05, 3.63) is 66.2 Å². The first-order valence-electron chi connectivity index (χ1n) is 6.57. The lowest BCUT2D eigenvalue weighted by molar-refractivity contribution is 0.0601. The van der Waals surface area contributed by atoms with Crippen molar-refractivity contribution in [1.29, 1.82) is 0 Å². The molecule has 1 heterocycles. The smallest absolute Gasteiger partial charge is 0.337 e. The highest BCUT2D eigenvalue weighted by atomic mass is 19.1. The topological polar surface area (TPSA) is 52.3 Å². The minimum atomic E-state index is -0.390. The van der Waals surface area contributed by atoms with Crippen molar-refractivity contribution in [3.8, 4) is 22.7 Å². The van der Waals surface area contributed by atoms with Crippen molar-refractivity contribution in [2.75, 3.05) is 7.11 Å². The molecule has 1 aromatic heterocycles. The number of benzene rings is 2. The molecule has 3 aromatic rings. The van der Waals surface area contributed by atoms with Gasteiger partial charge in [-0.3, -0.25) is 0 Å². The van der Waals surface area contributed by atoms with Crippen molar-refractivity contribution in [2.24, 2.45) is 0 Å². The fourth-order valence-corrected chi connectivity index (χ4v) is 2.03. The van der Waals surface area contributed by atoms with E-state index in [1.54, 1.807) is 36.4 Å². The Morgan fingerprint density at radius 3 is 2.32 bits per heavy atom. The predicted octanol–water partition coefficient (Wildman–Crippen LogP) is 3.93. The van der Waals surface area contributed by atoms with E-state index in [1.165, 1.54) is 25.5 Å². The lowest BCUT2D eigenvalue weighted by Crippen LogP contribution is -2.00. The second-order valence-corrected chi connectivity index (χ2v) is 4.61. The Hall–Kier alpha value is -2.95. The highest BCUT2D eigenvalue weighted by molar-refractivity contribution is 5.89. The molecule has 3 rings (SSSR count). The molecule has 0 aliphatic heterocycles. The fourth-order valence-electron chi connectivity index (χ4n) is 2.03. The summed E-state index contributed by atoms with van der Waals surface area (Å²) in [6.07, 6.45) is 1.52. The van der Waals surface area contributed by atoms with Crippen LogP contribution in [-0.4, -0.2) is 18.1 Å². The molecular weight excluding hydrogens is 285 g/mol. The molecule has 0 radical (unpaired) electrons. The normalized spacial score (nSPS) is 10.5. The van der Waals surface area contributed by atoms with Crippen LogP contribution in [0.2, 0.25) is 0 Å². The molecule has 0 amide bonds. The lowest BCUT2D eigenvalue weighted by atomic mass is 10.1. The number of hydrogen-bond donors (Lipinski definition) is 0. The highest BCUT2D eigenvalue weighted by Crippen LogP contribution is 2.25. The summed E-state index contributed by atoms with van der Waals surface area (Å²) in [5.74, 6) is -0.292. The third-order valence-electron chi connectivity index (χ3n) is 3.20. The number of halogens is 1. The van der Waals surface area contributed by atoms with Crippen LogP contribution >= 0.6 is 0 Å². The van der Waals surface area contributed by atoms with E-state index >= 15 is 0 Å². The zero-order valence-corrected chi connectivity index (χ0v) is 11.7. The van der Waals surface area contributed by atoms with Gasteiger partial charge in [0.05, 0.1) is 12.7 Å². The molecule has 0 aliphatic rings. The number of oxazole rings is 1. The quantitative estimate of drug-likeness (QED) is 0.687. The van der Waals surface area contributed by atoms with Gasteiger partial charge in [-0.1, -0.05) is 12.1 Å². The first kappa shape index (κ1) is 14.0. The van der Waals surface area contributed by atoms with Gasteiger partial charge in [-0.2, -0.15) is 0 Å². The fraction of sp³-hybridized carbons (Fsp3) is 0.0588. The van der Waals surface area contributed by atoms with E-state index in [-0.39, 0.29) is 5.82 Å². The summed E-state index contributed by atoms with van der Waals surface area (Å²) in [5, 5.41) is 0. The van der Waals surface area contributed by atoms with Gasteiger partial charge in [-0.15, -0.1) is 0 Å². The highest BCUT2D eigenvalue weighted by Gasteiger charge is 2.10. The maximum absolute atomic E-state index is 12.9. The second kappa shape index (κ2) is 5.81. The van der Waals surface area contributed by atoms with Gasteiger partial charge in [0.1, 0.15) is 17.8 Å². The summed E-state index contributed by atoms with van der Waals surface area (Å²) in [6.45, 7) is 0. The van der Waals surface area contributed by atoms with E-state index in [2.05, 4.69) is 9.72 Å². The molecule has 0 atom stereocenters. The van der Waals surface area contributed by atoms with Crippen LogP contribution in [-0.2, 0) is 4.74 Å². The minimum absolute atomic E-state index is 0.311. The van der Waals surface area contributed by atoms with E-state index in [4.69, 9.17) is 4.42 Å². The van der Waals surface area contributed by atoms with Crippen molar-refractivity contribution in [3.63, 3.8) is 0 Å². The Morgan fingerprint density at radius 2 is 1.68 bits per heavy atom. The van der Waals surface area contributed by atoms with E-state index in [0.717, 1.165) is 5.56 Å². The molecule has 2 aromatic carbocycles. The average Bonchev–Trinajstić information content (AvgIpc) is 3.05. The van der Waals surface area contributed by atoms with Crippen LogP contribution in [0.5, 0.6) is 0 Å². The van der Waals surface area contributed by atoms with Crippen LogP contribution in [0.25, 0.3) is 22.7 Å². The molecule has 110 valence electrons. The first-order valence-corrected chi connectivity index (χ1v) is 6.57. The van der Waals surface area contributed by atoms with Gasteiger partial charge in [0.25, 0.3) is 0 Å². The van der Waals surface area contributed by atoms with Crippen molar-refractivity contribution in [1.82, 2.24) is 4.98 Å². The van der Waals surface area contributed by atoms with Crippen molar-refractivity contribution in [2.45, 2.75) is 0 Å². The van der Waals surface area contributed by atoms with E-state index < -0.39 is 5.97 Å². The molecular formula is C17H12FNO3. The Morgan fingerprint density at radius 1 is 1.05 bits per heavy atom. The predicted molar refractivity (Wildman–Crippen MR) is 78.7 cm³/mol. The molecule has 0 saturated heterocycles. The molecule has 0 unspecified atom stereocenters. The molecule has 0 saturated carbocycles. The van der Waals surface area contributed by atoms with Gasteiger partial charge in [-0.25, -0.2) is 14.2 Å². The number of hydrogen-bond acceptors (Lipinski definition) is 4. The maximum atomic E-state index is 12.9. The number of nitrogens with zero attached hydrogens (tertiary/aromatic N) is 1. The number of carbonyl (C=O) groups excluding carboxylic acids is 1. The van der Waals surface area contributed by atoms with Crippen LogP contribution in [0, 0.1) is 5.82 Å². The zero-order valence-electron chi connectivity index (χ0n) is 11.7. The summed E-state index contributed by atoms with van der Waals surface area (Å²) >= 11 is 0. The SMILES string of the molecule is COC(=O)c1ccc(-c2coc(-c3ccc(F)cc3)n2)cc1. The summed E-state index contributed by atoms with van der Waals surface area (Å²) in [7, 11) is 1.34. The van der Waals surface area contributed by atoms with E-state index in [9.17, 15) is 9.18 Å². The molecule has 0 N–H and O–H groups in total. The van der Waals surface area contributed by atoms with Gasteiger partial charge in [-0.05, 0) is 36.4 Å². The van der Waals surface area contributed by atoms with Gasteiger partial charge < -0.3 is 9.15 Å². The third kappa shape index (κ3) is 2.74. The van der Waals surface area contributed by atoms with Crippen molar-refractivity contribution >= 4 is 5.97 Å². The number of aromatic nitrogens is 1. The average molecular weight is 297 g/mol. The van der Waals surface area contributed by atoms with E-state index in [1.807, 2.05) is 0 Å². The van der Waals surface area contributed by atoms with Crippen LogP contribution in [0.4, 0.5) is 4.39 Å². The monoisotopic (exact) mass is 297 g/mol. The van der Waals surface area contributed by atoms with Gasteiger partial charge in [0.2, 0.25) is 5.89 Å². The molecule has 5 heteroatoms. The van der Waals surface area contributed by atoms with E-state index in [0.29, 0.717) is 22.7 Å². The molecule has 22 heavy (non-hydrogen) atoms. The first-order chi connectivity index (χ1) is 10.7. The van der Waals surface area contributed by atoms with Crippen LogP contribution in [0.1, 0.15) is 10.4 Å². The Labute approximate surface area is 126 Å². The summed E-state index contributed by atoms with van der Waals surface area (Å²) in [4.78, 5) is 15.8. The second-order valence-electron chi connectivity index (χ2n) is 4.61. The van der Waals surface area contributed by atoms with Gasteiger partial charge >= 0.3 is 5.97 Å². The van der Waals surface area contributed by atoms with Gasteiger partial charge in [0.15, 0.2) is 0 Å². The maximum Gasteiger partial charge on any atom is 0.337 e. The minimum Gasteiger partial charge on any atom is -0.465 e. The largest absolute Gasteiger partial charge is 0.465 e. The summed E-state index contributed by atoms with van der Waals surface area (Å²) in [5.41, 5.74) is 2.60. The summed E-state index contributed by atoms with van der Waals surface area (Å²) < 4.78 is 23.0.